The van der Waals surface area contributed by atoms with Crippen LogP contribution in [0.15, 0.2) is 59.5 Å². The molecule has 1 aromatic carbocycles. The molecule has 2 amide bonds. The highest BCUT2D eigenvalue weighted by atomic mass is 32.1. The third-order valence-electron chi connectivity index (χ3n) is 3.56. The molecule has 0 aliphatic carbocycles. The predicted octanol–water partition coefficient (Wildman–Crippen LogP) is 2.34. The molecule has 0 radical (unpaired) electrons. The molecule has 0 bridgehead atoms. The van der Waals surface area contributed by atoms with Crippen LogP contribution < -0.4 is 5.32 Å². The zero-order valence-electron chi connectivity index (χ0n) is 14.2. The number of rotatable bonds is 3. The van der Waals surface area contributed by atoms with Crippen LogP contribution in [0.3, 0.4) is 0 Å². The zero-order chi connectivity index (χ0) is 19.2. The van der Waals surface area contributed by atoms with Crippen LogP contribution in [0.25, 0.3) is 0 Å². The summed E-state index contributed by atoms with van der Waals surface area (Å²) in [5, 5.41) is 2.78. The van der Waals surface area contributed by atoms with Gasteiger partial charge in [-0.2, -0.15) is 0 Å². The first kappa shape index (κ1) is 18.1. The molecule has 1 N–H and O–H groups in total. The number of hydrogen-bond donors (Lipinski definition) is 1. The van der Waals surface area contributed by atoms with Gasteiger partial charge in [0.1, 0.15) is 0 Å². The van der Waals surface area contributed by atoms with E-state index in [0.29, 0.717) is 22.6 Å². The lowest BCUT2D eigenvalue weighted by molar-refractivity contribution is 0.0999. The third-order valence-corrected chi connectivity index (χ3v) is 3.73. The van der Waals surface area contributed by atoms with Crippen LogP contribution in [0.4, 0.5) is 5.69 Å². The van der Waals surface area contributed by atoms with Gasteiger partial charge in [-0.1, -0.05) is 17.9 Å². The maximum Gasteiger partial charge on any atom is 0.291 e. The monoisotopic (exact) mass is 375 g/mol. The normalized spacial score (nSPS) is 9.81. The van der Waals surface area contributed by atoms with Crippen LogP contribution in [0.1, 0.15) is 32.1 Å². The number of nitrogens with one attached hydrogen (secondary N) is 1. The van der Waals surface area contributed by atoms with E-state index in [2.05, 4.69) is 43.9 Å². The molecule has 0 aliphatic heterocycles. The molecule has 0 saturated heterocycles. The highest BCUT2D eigenvalue weighted by Crippen LogP contribution is 2.12. The number of aryl methyl sites for hydroxylation is 1. The minimum Gasteiger partial charge on any atom is -0.330 e. The molecule has 0 spiro atoms. The smallest absolute Gasteiger partial charge is 0.291 e. The van der Waals surface area contributed by atoms with Gasteiger partial charge in [-0.05, 0) is 24.3 Å². The highest BCUT2D eigenvalue weighted by Gasteiger charge is 2.10. The van der Waals surface area contributed by atoms with Gasteiger partial charge in [0.15, 0.2) is 5.82 Å². The molecule has 0 fully saturated rings. The Morgan fingerprint density at radius 1 is 1.19 bits per heavy atom. The highest BCUT2D eigenvalue weighted by molar-refractivity contribution is 7.47. The van der Waals surface area contributed by atoms with Crippen molar-refractivity contribution in [3.8, 4) is 11.8 Å². The van der Waals surface area contributed by atoms with Gasteiger partial charge in [0.2, 0.25) is 0 Å². The number of anilines is 1. The van der Waals surface area contributed by atoms with Crippen molar-refractivity contribution in [1.82, 2.24) is 14.5 Å². The van der Waals surface area contributed by atoms with Crippen molar-refractivity contribution in [3.05, 3.63) is 77.6 Å². The maximum atomic E-state index is 12.2. The number of amides is 2. The Labute approximate surface area is 160 Å². The van der Waals surface area contributed by atoms with Crippen LogP contribution in [-0.4, -0.2) is 26.3 Å². The number of carbonyl (C=O) groups excluding carboxylic acids is 2. The SMILES string of the molecule is Cn1ccnc1C(=O)Nc1cccc(C#Cc2cncc(C(=O)N=S)c2)c1. The maximum absolute atomic E-state index is 12.2. The van der Waals surface area contributed by atoms with Crippen molar-refractivity contribution < 1.29 is 9.59 Å². The van der Waals surface area contributed by atoms with Crippen LogP contribution in [0, 0.1) is 11.8 Å². The topological polar surface area (TPSA) is 89.2 Å². The van der Waals surface area contributed by atoms with Gasteiger partial charge >= 0.3 is 0 Å². The number of aromatic nitrogens is 3. The number of benzene rings is 1. The van der Waals surface area contributed by atoms with Crippen molar-refractivity contribution in [3.63, 3.8) is 0 Å². The average molecular weight is 375 g/mol. The molecule has 2 aromatic heterocycles. The molecule has 0 saturated carbocycles. The molecule has 2 heterocycles. The van der Waals surface area contributed by atoms with Crippen molar-refractivity contribution in [2.45, 2.75) is 0 Å². The molecular weight excluding hydrogens is 362 g/mol. The molecule has 3 rings (SSSR count). The molecule has 3 aromatic rings. The van der Waals surface area contributed by atoms with Gasteiger partial charge in [0.05, 0.1) is 5.56 Å². The van der Waals surface area contributed by atoms with Crippen LogP contribution in [0.2, 0.25) is 0 Å². The molecule has 0 unspecified atom stereocenters. The summed E-state index contributed by atoms with van der Waals surface area (Å²) < 4.78 is 4.83. The first-order valence-electron chi connectivity index (χ1n) is 7.80. The summed E-state index contributed by atoms with van der Waals surface area (Å²) in [6.45, 7) is 0. The van der Waals surface area contributed by atoms with E-state index in [1.54, 1.807) is 54.5 Å². The van der Waals surface area contributed by atoms with E-state index < -0.39 is 5.91 Å². The molecule has 7 nitrogen and oxygen atoms in total. The van der Waals surface area contributed by atoms with E-state index >= 15 is 0 Å². The lowest BCUT2D eigenvalue weighted by Crippen LogP contribution is -2.16. The summed E-state index contributed by atoms with van der Waals surface area (Å²) in [6.07, 6.45) is 6.18. The fourth-order valence-corrected chi connectivity index (χ4v) is 2.37. The number of imidazole rings is 1. The Kier molecular flexibility index (Phi) is 5.44. The molecule has 0 atom stereocenters. The number of nitrogens with zero attached hydrogens (tertiary/aromatic N) is 4. The van der Waals surface area contributed by atoms with Crippen LogP contribution in [-0.2, 0) is 19.5 Å². The van der Waals surface area contributed by atoms with Crippen molar-refractivity contribution in [2.75, 3.05) is 5.32 Å². The minimum absolute atomic E-state index is 0.285. The fraction of sp³-hybridized carbons (Fsp3) is 0.0526. The second kappa shape index (κ2) is 8.12. The average Bonchev–Trinajstić information content (AvgIpc) is 3.12. The van der Waals surface area contributed by atoms with Gasteiger partial charge in [0, 0.05) is 61.1 Å². The van der Waals surface area contributed by atoms with Gasteiger partial charge in [-0.15, -0.1) is 4.36 Å². The Balaban J connectivity index is 1.78. The third kappa shape index (κ3) is 4.48. The lowest BCUT2D eigenvalue weighted by Gasteiger charge is -2.05. The number of hydrogen-bond acceptors (Lipinski definition) is 5. The summed E-state index contributed by atoms with van der Waals surface area (Å²) >= 11 is 4.40. The quantitative estimate of drug-likeness (QED) is 0.710. The Hall–Kier alpha value is -3.70. The lowest BCUT2D eigenvalue weighted by atomic mass is 10.1. The minimum atomic E-state index is -0.528. The van der Waals surface area contributed by atoms with E-state index in [9.17, 15) is 9.59 Å². The number of pyridine rings is 1. The second-order valence-electron chi connectivity index (χ2n) is 5.51. The zero-order valence-corrected chi connectivity index (χ0v) is 15.0. The van der Waals surface area contributed by atoms with Crippen molar-refractivity contribution in [2.24, 2.45) is 11.4 Å². The van der Waals surface area contributed by atoms with Gasteiger partial charge < -0.3 is 9.88 Å². The Bertz CT molecular complexity index is 1090. The Morgan fingerprint density at radius 3 is 2.74 bits per heavy atom. The molecule has 8 heteroatoms. The van der Waals surface area contributed by atoms with Crippen LogP contribution >= 0.6 is 0 Å². The van der Waals surface area contributed by atoms with Crippen molar-refractivity contribution in [1.29, 1.82) is 0 Å². The standard InChI is InChI=1S/C19H13N5O2S/c1-24-8-7-21-17(24)19(26)22-16-4-2-3-13(10-16)5-6-14-9-15(12-20-11-14)18(25)23-27/h2-4,7-12H,1H3,(H,22,26). The van der Waals surface area contributed by atoms with Gasteiger partial charge in [0.25, 0.3) is 11.8 Å². The second-order valence-corrected chi connectivity index (χ2v) is 5.69. The number of carbonyl (C=O) groups is 2. The van der Waals surface area contributed by atoms with Gasteiger partial charge in [-0.3, -0.25) is 14.6 Å². The first-order valence-corrected chi connectivity index (χ1v) is 8.17. The van der Waals surface area contributed by atoms with E-state index in [-0.39, 0.29) is 11.5 Å². The summed E-state index contributed by atoms with van der Waals surface area (Å²) in [5.41, 5.74) is 2.13. The summed E-state index contributed by atoms with van der Waals surface area (Å²) in [6, 6.07) is 8.67. The molecular formula is C19H13N5O2S. The summed E-state index contributed by atoms with van der Waals surface area (Å²) in [5.74, 6) is 5.38. The van der Waals surface area contributed by atoms with E-state index in [1.165, 1.54) is 6.20 Å². The predicted molar refractivity (Wildman–Crippen MR) is 102 cm³/mol. The van der Waals surface area contributed by atoms with E-state index in [1.807, 2.05) is 6.07 Å². The summed E-state index contributed by atoms with van der Waals surface area (Å²) in [7, 11) is 1.75. The van der Waals surface area contributed by atoms with E-state index in [4.69, 9.17) is 0 Å². The van der Waals surface area contributed by atoms with Gasteiger partial charge in [-0.25, -0.2) is 4.98 Å². The van der Waals surface area contributed by atoms with Crippen LogP contribution in [0.5, 0.6) is 0 Å². The van der Waals surface area contributed by atoms with E-state index in [0.717, 1.165) is 0 Å². The molecule has 0 aliphatic rings. The summed E-state index contributed by atoms with van der Waals surface area (Å²) in [4.78, 5) is 31.7. The fourth-order valence-electron chi connectivity index (χ4n) is 2.27. The first-order chi connectivity index (χ1) is 13.1. The van der Waals surface area contributed by atoms with Crippen molar-refractivity contribution >= 4 is 29.9 Å². The molecule has 132 valence electrons. The largest absolute Gasteiger partial charge is 0.330 e. The Morgan fingerprint density at radius 2 is 2.00 bits per heavy atom. The molecule has 27 heavy (non-hydrogen) atoms.